The second-order valence-corrected chi connectivity index (χ2v) is 5.32. The number of rotatable bonds is 4. The molecular weight excluding hydrogens is 245 g/mol. The summed E-state index contributed by atoms with van der Waals surface area (Å²) < 4.78 is 18.6. The Hall–Kier alpha value is -1.13. The molecule has 0 spiro atoms. The largest absolute Gasteiger partial charge is 0.389 e. The molecule has 2 rings (SSSR count). The summed E-state index contributed by atoms with van der Waals surface area (Å²) in [5.41, 5.74) is 1.55. The van der Waals surface area contributed by atoms with E-state index in [1.165, 1.54) is 12.1 Å². The standard InChI is InChI=1S/C15H22FNO2/c1-11(18)14-9-13(16)3-4-15(14)17(2)10-12-5-7-19-8-6-12/h3-4,9,11-12,18H,5-8,10H2,1-2H3/t11-/m0/s1. The summed E-state index contributed by atoms with van der Waals surface area (Å²) >= 11 is 0. The third-order valence-electron chi connectivity index (χ3n) is 3.72. The molecule has 0 aliphatic carbocycles. The van der Waals surface area contributed by atoms with Crippen LogP contribution in [0.15, 0.2) is 18.2 Å². The summed E-state index contributed by atoms with van der Waals surface area (Å²) in [6.07, 6.45) is 1.47. The van der Waals surface area contributed by atoms with Crippen LogP contribution < -0.4 is 4.90 Å². The fourth-order valence-corrected chi connectivity index (χ4v) is 2.62. The molecule has 4 heteroatoms. The van der Waals surface area contributed by atoms with Gasteiger partial charge in [0.05, 0.1) is 6.10 Å². The van der Waals surface area contributed by atoms with E-state index in [9.17, 15) is 9.50 Å². The average Bonchev–Trinajstić information content (AvgIpc) is 2.39. The molecule has 1 aromatic rings. The Morgan fingerprint density at radius 3 is 2.74 bits per heavy atom. The second-order valence-electron chi connectivity index (χ2n) is 5.32. The van der Waals surface area contributed by atoms with Gasteiger partial charge in [-0.05, 0) is 43.9 Å². The third kappa shape index (κ3) is 3.67. The maximum absolute atomic E-state index is 13.3. The maximum atomic E-state index is 13.3. The van der Waals surface area contributed by atoms with Gasteiger partial charge in [0.15, 0.2) is 0 Å². The predicted molar refractivity (Wildman–Crippen MR) is 73.8 cm³/mol. The number of hydrogen-bond donors (Lipinski definition) is 1. The van der Waals surface area contributed by atoms with Crippen molar-refractivity contribution in [2.75, 3.05) is 31.7 Å². The Bertz CT molecular complexity index is 417. The van der Waals surface area contributed by atoms with E-state index in [-0.39, 0.29) is 5.82 Å². The number of aliphatic hydroxyl groups excluding tert-OH is 1. The molecule has 1 aromatic carbocycles. The van der Waals surface area contributed by atoms with E-state index in [1.54, 1.807) is 13.0 Å². The lowest BCUT2D eigenvalue weighted by Crippen LogP contribution is -2.30. The van der Waals surface area contributed by atoms with Gasteiger partial charge < -0.3 is 14.7 Å². The first kappa shape index (κ1) is 14.3. The van der Waals surface area contributed by atoms with E-state index >= 15 is 0 Å². The van der Waals surface area contributed by atoms with Crippen LogP contribution in [0.1, 0.15) is 31.4 Å². The molecule has 1 aliphatic rings. The summed E-state index contributed by atoms with van der Waals surface area (Å²) in [7, 11) is 1.99. The van der Waals surface area contributed by atoms with Crippen LogP contribution in [0.5, 0.6) is 0 Å². The molecule has 0 saturated carbocycles. The van der Waals surface area contributed by atoms with Gasteiger partial charge >= 0.3 is 0 Å². The van der Waals surface area contributed by atoms with Crippen molar-refractivity contribution in [1.29, 1.82) is 0 Å². The first-order chi connectivity index (χ1) is 9.08. The molecule has 0 aromatic heterocycles. The minimum atomic E-state index is -0.664. The van der Waals surface area contributed by atoms with E-state index in [0.717, 1.165) is 38.3 Å². The van der Waals surface area contributed by atoms with Crippen molar-refractivity contribution in [2.45, 2.75) is 25.9 Å². The summed E-state index contributed by atoms with van der Waals surface area (Å²) in [5.74, 6) is 0.296. The molecule has 106 valence electrons. The number of nitrogens with zero attached hydrogens (tertiary/aromatic N) is 1. The average molecular weight is 267 g/mol. The predicted octanol–water partition coefficient (Wildman–Crippen LogP) is 2.74. The Morgan fingerprint density at radius 1 is 1.42 bits per heavy atom. The van der Waals surface area contributed by atoms with Gasteiger partial charge in [0, 0.05) is 38.1 Å². The van der Waals surface area contributed by atoms with Gasteiger partial charge in [-0.15, -0.1) is 0 Å². The lowest BCUT2D eigenvalue weighted by molar-refractivity contribution is 0.0685. The monoisotopic (exact) mass is 267 g/mol. The number of anilines is 1. The molecule has 0 unspecified atom stereocenters. The first-order valence-corrected chi connectivity index (χ1v) is 6.84. The molecule has 3 nitrogen and oxygen atoms in total. The Morgan fingerprint density at radius 2 is 2.11 bits per heavy atom. The van der Waals surface area contributed by atoms with Crippen molar-refractivity contribution in [2.24, 2.45) is 5.92 Å². The molecular formula is C15H22FNO2. The van der Waals surface area contributed by atoms with Crippen LogP contribution in [0.2, 0.25) is 0 Å². The zero-order chi connectivity index (χ0) is 13.8. The van der Waals surface area contributed by atoms with E-state index in [1.807, 2.05) is 7.05 Å². The molecule has 1 saturated heterocycles. The number of ether oxygens (including phenoxy) is 1. The lowest BCUT2D eigenvalue weighted by atomic mass is 9.99. The molecule has 0 bridgehead atoms. The maximum Gasteiger partial charge on any atom is 0.123 e. The van der Waals surface area contributed by atoms with E-state index in [2.05, 4.69) is 4.90 Å². The minimum absolute atomic E-state index is 0.306. The fraction of sp³-hybridized carbons (Fsp3) is 0.600. The zero-order valence-corrected chi connectivity index (χ0v) is 11.6. The Labute approximate surface area is 114 Å². The molecule has 1 N–H and O–H groups in total. The fourth-order valence-electron chi connectivity index (χ4n) is 2.62. The number of benzene rings is 1. The van der Waals surface area contributed by atoms with Crippen molar-refractivity contribution >= 4 is 5.69 Å². The Balaban J connectivity index is 2.11. The van der Waals surface area contributed by atoms with Crippen LogP contribution in [-0.2, 0) is 4.74 Å². The number of aliphatic hydroxyl groups is 1. The van der Waals surface area contributed by atoms with Crippen LogP contribution >= 0.6 is 0 Å². The van der Waals surface area contributed by atoms with Gasteiger partial charge in [-0.1, -0.05) is 0 Å². The lowest BCUT2D eigenvalue weighted by Gasteiger charge is -2.30. The molecule has 1 aliphatic heterocycles. The summed E-state index contributed by atoms with van der Waals surface area (Å²) in [5, 5.41) is 9.77. The van der Waals surface area contributed by atoms with Gasteiger partial charge in [-0.25, -0.2) is 4.39 Å². The quantitative estimate of drug-likeness (QED) is 0.910. The summed E-state index contributed by atoms with van der Waals surface area (Å²) in [4.78, 5) is 2.11. The van der Waals surface area contributed by atoms with Gasteiger partial charge in [-0.2, -0.15) is 0 Å². The Kier molecular flexibility index (Phi) is 4.77. The molecule has 1 heterocycles. The smallest absolute Gasteiger partial charge is 0.123 e. The third-order valence-corrected chi connectivity index (χ3v) is 3.72. The molecule has 19 heavy (non-hydrogen) atoms. The van der Waals surface area contributed by atoms with Crippen molar-refractivity contribution in [1.82, 2.24) is 0 Å². The highest BCUT2D eigenvalue weighted by molar-refractivity contribution is 5.54. The van der Waals surface area contributed by atoms with Crippen LogP contribution in [0.3, 0.4) is 0 Å². The molecule has 0 radical (unpaired) electrons. The minimum Gasteiger partial charge on any atom is -0.389 e. The van der Waals surface area contributed by atoms with Crippen LogP contribution in [0.25, 0.3) is 0 Å². The van der Waals surface area contributed by atoms with Crippen LogP contribution in [0, 0.1) is 11.7 Å². The second kappa shape index (κ2) is 6.35. The van der Waals surface area contributed by atoms with E-state index < -0.39 is 6.10 Å². The van der Waals surface area contributed by atoms with Crippen molar-refractivity contribution in [3.63, 3.8) is 0 Å². The molecule has 0 amide bonds. The van der Waals surface area contributed by atoms with Crippen LogP contribution in [-0.4, -0.2) is 31.9 Å². The van der Waals surface area contributed by atoms with E-state index in [0.29, 0.717) is 11.5 Å². The molecule has 1 fully saturated rings. The zero-order valence-electron chi connectivity index (χ0n) is 11.6. The van der Waals surface area contributed by atoms with Gasteiger partial charge in [0.1, 0.15) is 5.82 Å². The SMILES string of the molecule is C[C@H](O)c1cc(F)ccc1N(C)CC1CCOCC1. The summed E-state index contributed by atoms with van der Waals surface area (Å²) in [6, 6.07) is 4.61. The van der Waals surface area contributed by atoms with E-state index in [4.69, 9.17) is 4.74 Å². The van der Waals surface area contributed by atoms with Gasteiger partial charge in [-0.3, -0.25) is 0 Å². The summed E-state index contributed by atoms with van der Waals surface area (Å²) in [6.45, 7) is 4.23. The van der Waals surface area contributed by atoms with Gasteiger partial charge in [0.25, 0.3) is 0 Å². The van der Waals surface area contributed by atoms with Crippen molar-refractivity contribution in [3.8, 4) is 0 Å². The highest BCUT2D eigenvalue weighted by atomic mass is 19.1. The topological polar surface area (TPSA) is 32.7 Å². The van der Waals surface area contributed by atoms with Gasteiger partial charge in [0.2, 0.25) is 0 Å². The van der Waals surface area contributed by atoms with Crippen molar-refractivity contribution < 1.29 is 14.2 Å². The highest BCUT2D eigenvalue weighted by Crippen LogP contribution is 2.28. The highest BCUT2D eigenvalue weighted by Gasteiger charge is 2.18. The molecule has 1 atom stereocenters. The normalized spacial score (nSPS) is 18.3. The first-order valence-electron chi connectivity index (χ1n) is 6.84. The van der Waals surface area contributed by atoms with Crippen LogP contribution in [0.4, 0.5) is 10.1 Å². The van der Waals surface area contributed by atoms with Crippen molar-refractivity contribution in [3.05, 3.63) is 29.6 Å². The number of halogens is 1. The number of hydrogen-bond acceptors (Lipinski definition) is 3.